The zero-order valence-electron chi connectivity index (χ0n) is 12.4. The van der Waals surface area contributed by atoms with Gasteiger partial charge in [0.2, 0.25) is 5.91 Å². The molecule has 1 aliphatic rings. The van der Waals surface area contributed by atoms with Gasteiger partial charge >= 0.3 is 0 Å². The minimum absolute atomic E-state index is 0.0319. The van der Waals surface area contributed by atoms with Crippen molar-refractivity contribution in [3.63, 3.8) is 0 Å². The van der Waals surface area contributed by atoms with Gasteiger partial charge in [-0.25, -0.2) is 0 Å². The van der Waals surface area contributed by atoms with Gasteiger partial charge in [0.15, 0.2) is 0 Å². The predicted molar refractivity (Wildman–Crippen MR) is 87.5 cm³/mol. The van der Waals surface area contributed by atoms with Crippen molar-refractivity contribution in [1.29, 1.82) is 0 Å². The second-order valence-corrected chi connectivity index (χ2v) is 6.02. The second kappa shape index (κ2) is 5.28. The van der Waals surface area contributed by atoms with Gasteiger partial charge in [0.1, 0.15) is 17.3 Å². The molecular weight excluding hydrogens is 314 g/mol. The molecule has 4 rings (SSSR count). The number of aromatic nitrogens is 2. The fourth-order valence-corrected chi connectivity index (χ4v) is 3.03. The first-order chi connectivity index (χ1) is 11.1. The summed E-state index contributed by atoms with van der Waals surface area (Å²) in [5.74, 6) is 2.10. The number of furan rings is 1. The van der Waals surface area contributed by atoms with E-state index in [1.807, 2.05) is 43.4 Å². The van der Waals surface area contributed by atoms with Crippen molar-refractivity contribution in [3.05, 3.63) is 58.9 Å². The first-order valence-electron chi connectivity index (χ1n) is 7.29. The van der Waals surface area contributed by atoms with Crippen LogP contribution in [0.15, 0.2) is 47.0 Å². The maximum Gasteiger partial charge on any atom is 0.226 e. The van der Waals surface area contributed by atoms with Crippen LogP contribution in [0.3, 0.4) is 0 Å². The van der Waals surface area contributed by atoms with Gasteiger partial charge in [0.25, 0.3) is 0 Å². The van der Waals surface area contributed by atoms with Gasteiger partial charge in [-0.15, -0.1) is 0 Å². The Bertz CT molecular complexity index is 880. The van der Waals surface area contributed by atoms with Gasteiger partial charge in [-0.2, -0.15) is 5.10 Å². The Morgan fingerprint density at radius 1 is 1.26 bits per heavy atom. The molecule has 1 amide bonds. The van der Waals surface area contributed by atoms with Crippen molar-refractivity contribution in [3.8, 4) is 11.3 Å². The molecule has 0 spiro atoms. The van der Waals surface area contributed by atoms with Crippen molar-refractivity contribution in [2.24, 2.45) is 7.05 Å². The summed E-state index contributed by atoms with van der Waals surface area (Å²) in [7, 11) is 1.81. The van der Waals surface area contributed by atoms with E-state index in [2.05, 4.69) is 10.4 Å². The number of nitrogens with one attached hydrogen (secondary N) is 1. The number of amides is 1. The first-order valence-corrected chi connectivity index (χ1v) is 7.67. The number of halogens is 1. The highest BCUT2D eigenvalue weighted by Gasteiger charge is 2.31. The van der Waals surface area contributed by atoms with Crippen LogP contribution in [0.25, 0.3) is 11.3 Å². The predicted octanol–water partition coefficient (Wildman–Crippen LogP) is 3.81. The standard InChI is InChI=1S/C17H14ClN3O2/c1-21-17-13(9-19-21)12(8-16(22)20-17)15-7-6-14(23-15)10-2-4-11(18)5-3-10/h2-7,9,12H,8H2,1H3,(H,20,22). The SMILES string of the molecule is Cn1ncc2c1NC(=O)CC2c1ccc(-c2ccc(Cl)cc2)o1. The molecule has 5 nitrogen and oxygen atoms in total. The molecule has 6 heteroatoms. The second-order valence-electron chi connectivity index (χ2n) is 5.59. The van der Waals surface area contributed by atoms with E-state index in [0.29, 0.717) is 11.4 Å². The molecule has 0 fully saturated rings. The van der Waals surface area contributed by atoms with Gasteiger partial charge in [0.05, 0.1) is 12.1 Å². The lowest BCUT2D eigenvalue weighted by Crippen LogP contribution is -2.24. The number of aryl methyl sites for hydroxylation is 1. The quantitative estimate of drug-likeness (QED) is 0.778. The van der Waals surface area contributed by atoms with E-state index in [4.69, 9.17) is 16.0 Å². The topological polar surface area (TPSA) is 60.1 Å². The molecule has 1 N–H and O–H groups in total. The highest BCUT2D eigenvalue weighted by Crippen LogP contribution is 2.38. The zero-order valence-corrected chi connectivity index (χ0v) is 13.2. The molecule has 3 heterocycles. The van der Waals surface area contributed by atoms with Crippen molar-refractivity contribution >= 4 is 23.3 Å². The molecule has 116 valence electrons. The Kier molecular flexibility index (Phi) is 3.23. The fraction of sp³-hybridized carbons (Fsp3) is 0.176. The molecule has 1 aromatic carbocycles. The van der Waals surface area contributed by atoms with E-state index in [0.717, 1.165) is 28.5 Å². The lowest BCUT2D eigenvalue weighted by molar-refractivity contribution is -0.116. The van der Waals surface area contributed by atoms with Crippen LogP contribution in [0.4, 0.5) is 5.82 Å². The van der Waals surface area contributed by atoms with Crippen LogP contribution in [-0.2, 0) is 11.8 Å². The summed E-state index contributed by atoms with van der Waals surface area (Å²) in [5, 5.41) is 7.77. The smallest absolute Gasteiger partial charge is 0.226 e. The summed E-state index contributed by atoms with van der Waals surface area (Å²) < 4.78 is 7.67. The normalized spacial score (nSPS) is 17.0. The fourth-order valence-electron chi connectivity index (χ4n) is 2.90. The molecule has 0 aliphatic carbocycles. The highest BCUT2D eigenvalue weighted by molar-refractivity contribution is 6.30. The number of hydrogen-bond donors (Lipinski definition) is 1. The number of hydrogen-bond acceptors (Lipinski definition) is 3. The van der Waals surface area contributed by atoms with Gasteiger partial charge in [-0.3, -0.25) is 9.48 Å². The van der Waals surface area contributed by atoms with E-state index in [1.165, 1.54) is 0 Å². The number of rotatable bonds is 2. The lowest BCUT2D eigenvalue weighted by atomic mass is 9.92. The Morgan fingerprint density at radius 2 is 2.04 bits per heavy atom. The van der Waals surface area contributed by atoms with E-state index in [-0.39, 0.29) is 11.8 Å². The molecule has 0 bridgehead atoms. The summed E-state index contributed by atoms with van der Waals surface area (Å²) in [6.45, 7) is 0. The van der Waals surface area contributed by atoms with Crippen LogP contribution < -0.4 is 5.32 Å². The average Bonchev–Trinajstić information content (AvgIpc) is 3.16. The Labute approximate surface area is 137 Å². The molecule has 0 radical (unpaired) electrons. The monoisotopic (exact) mass is 327 g/mol. The molecule has 1 atom stereocenters. The van der Waals surface area contributed by atoms with E-state index < -0.39 is 0 Å². The van der Waals surface area contributed by atoms with E-state index in [1.54, 1.807) is 10.9 Å². The van der Waals surface area contributed by atoms with Crippen molar-refractivity contribution in [2.45, 2.75) is 12.3 Å². The Morgan fingerprint density at radius 3 is 2.83 bits per heavy atom. The van der Waals surface area contributed by atoms with E-state index in [9.17, 15) is 4.79 Å². The molecule has 3 aromatic rings. The number of anilines is 1. The van der Waals surface area contributed by atoms with Crippen LogP contribution in [0.2, 0.25) is 5.02 Å². The first kappa shape index (κ1) is 14.1. The van der Waals surface area contributed by atoms with Crippen molar-refractivity contribution < 1.29 is 9.21 Å². The minimum Gasteiger partial charge on any atom is -0.460 e. The molecule has 0 saturated carbocycles. The molecule has 0 saturated heterocycles. The number of carbonyl (C=O) groups is 1. The summed E-state index contributed by atoms with van der Waals surface area (Å²) >= 11 is 5.92. The highest BCUT2D eigenvalue weighted by atomic mass is 35.5. The van der Waals surface area contributed by atoms with Gasteiger partial charge in [-0.1, -0.05) is 11.6 Å². The van der Waals surface area contributed by atoms with Crippen LogP contribution in [0, 0.1) is 0 Å². The van der Waals surface area contributed by atoms with E-state index >= 15 is 0 Å². The van der Waals surface area contributed by atoms with Crippen LogP contribution >= 0.6 is 11.6 Å². The Hall–Kier alpha value is -2.53. The molecular formula is C17H14ClN3O2. The lowest BCUT2D eigenvalue weighted by Gasteiger charge is -2.21. The third-order valence-corrected chi connectivity index (χ3v) is 4.34. The van der Waals surface area contributed by atoms with Crippen LogP contribution in [0.5, 0.6) is 0 Å². The third-order valence-electron chi connectivity index (χ3n) is 4.09. The number of carbonyl (C=O) groups excluding carboxylic acids is 1. The van der Waals surface area contributed by atoms with Crippen LogP contribution in [-0.4, -0.2) is 15.7 Å². The number of fused-ring (bicyclic) bond motifs is 1. The molecule has 1 unspecified atom stereocenters. The largest absolute Gasteiger partial charge is 0.460 e. The van der Waals surface area contributed by atoms with Crippen molar-refractivity contribution in [2.75, 3.05) is 5.32 Å². The molecule has 23 heavy (non-hydrogen) atoms. The summed E-state index contributed by atoms with van der Waals surface area (Å²) in [6.07, 6.45) is 2.14. The summed E-state index contributed by atoms with van der Waals surface area (Å²) in [4.78, 5) is 12.0. The zero-order chi connectivity index (χ0) is 16.0. The van der Waals surface area contributed by atoms with Crippen LogP contribution in [0.1, 0.15) is 23.7 Å². The third kappa shape index (κ3) is 2.43. The van der Waals surface area contributed by atoms with Gasteiger partial charge in [-0.05, 0) is 36.4 Å². The average molecular weight is 328 g/mol. The number of benzene rings is 1. The van der Waals surface area contributed by atoms with Crippen molar-refractivity contribution in [1.82, 2.24) is 9.78 Å². The van der Waals surface area contributed by atoms with Gasteiger partial charge < -0.3 is 9.73 Å². The number of nitrogens with zero attached hydrogens (tertiary/aromatic N) is 2. The molecule has 2 aromatic heterocycles. The maximum absolute atomic E-state index is 12.0. The van der Waals surface area contributed by atoms with Gasteiger partial charge in [0, 0.05) is 29.6 Å². The minimum atomic E-state index is -0.117. The summed E-state index contributed by atoms with van der Waals surface area (Å²) in [5.41, 5.74) is 1.93. The maximum atomic E-state index is 12.0. The molecule has 1 aliphatic heterocycles. The summed E-state index contributed by atoms with van der Waals surface area (Å²) in [6, 6.07) is 11.3. The Balaban J connectivity index is 1.72.